The first-order chi connectivity index (χ1) is 5.13. The zero-order chi connectivity index (χ0) is 8.43. The maximum Gasteiger partial charge on any atom is 0.360 e. The average Bonchev–Trinajstić information content (AvgIpc) is 1.94. The molecule has 1 aromatic heterocycles. The van der Waals surface area contributed by atoms with Gasteiger partial charge in [0.15, 0.2) is 0 Å². The van der Waals surface area contributed by atoms with Gasteiger partial charge in [0.25, 0.3) is 5.56 Å². The van der Waals surface area contributed by atoms with Gasteiger partial charge in [-0.25, -0.2) is 9.78 Å². The van der Waals surface area contributed by atoms with E-state index in [-0.39, 0.29) is 0 Å². The summed E-state index contributed by atoms with van der Waals surface area (Å²) in [6, 6.07) is 0. The highest BCUT2D eigenvalue weighted by Gasteiger charge is 2.09. The molecule has 0 saturated heterocycles. The Balaban J connectivity index is 3.40. The van der Waals surface area contributed by atoms with Crippen molar-refractivity contribution in [2.75, 3.05) is 0 Å². The van der Waals surface area contributed by atoms with Crippen LogP contribution >= 0.6 is 0 Å². The van der Waals surface area contributed by atoms with E-state index in [9.17, 15) is 9.59 Å². The van der Waals surface area contributed by atoms with E-state index in [0.29, 0.717) is 0 Å². The first kappa shape index (κ1) is 7.46. The maximum atomic E-state index is 10.9. The van der Waals surface area contributed by atoms with Crippen molar-refractivity contribution >= 4 is 5.97 Å². The van der Waals surface area contributed by atoms with E-state index in [1.54, 1.807) is 0 Å². The molecule has 5 nitrogen and oxygen atoms in total. The molecule has 0 bridgehead atoms. The zero-order valence-electron chi connectivity index (χ0n) is 5.81. The van der Waals surface area contributed by atoms with Crippen molar-refractivity contribution in [3.05, 3.63) is 28.4 Å². The van der Waals surface area contributed by atoms with Crippen molar-refractivity contribution in [3.8, 4) is 0 Å². The number of hydrogen-bond donors (Lipinski definition) is 1. The molecule has 1 rings (SSSR count). The first-order valence-corrected chi connectivity index (χ1v) is 2.88. The van der Waals surface area contributed by atoms with Gasteiger partial charge in [0.1, 0.15) is 0 Å². The smallest absolute Gasteiger partial charge is 0.360 e. The quantitative estimate of drug-likeness (QED) is 0.590. The Hall–Kier alpha value is -1.65. The SMILES string of the molecule is Cn1ccnc(C(=O)O)c1=O. The predicted octanol–water partition coefficient (Wildman–Crippen LogP) is -0.522. The van der Waals surface area contributed by atoms with Crippen LogP contribution in [0, 0.1) is 0 Å². The predicted molar refractivity (Wildman–Crippen MR) is 36.4 cm³/mol. The van der Waals surface area contributed by atoms with E-state index >= 15 is 0 Å². The molecule has 0 spiro atoms. The standard InChI is InChI=1S/C6H6N2O3/c1-8-3-2-7-4(5(8)9)6(10)11/h2-3H,1H3,(H,10,11). The van der Waals surface area contributed by atoms with Crippen molar-refractivity contribution in [2.45, 2.75) is 0 Å². The van der Waals surface area contributed by atoms with Crippen LogP contribution in [0.5, 0.6) is 0 Å². The molecule has 0 fully saturated rings. The molecule has 0 amide bonds. The van der Waals surface area contributed by atoms with Crippen LogP contribution in [0.1, 0.15) is 10.5 Å². The van der Waals surface area contributed by atoms with Gasteiger partial charge in [-0.05, 0) is 0 Å². The molecule has 0 atom stereocenters. The number of hydrogen-bond acceptors (Lipinski definition) is 3. The molecule has 0 aliphatic heterocycles. The molecule has 0 aromatic carbocycles. The van der Waals surface area contributed by atoms with Gasteiger partial charge in [-0.1, -0.05) is 0 Å². The highest BCUT2D eigenvalue weighted by molar-refractivity contribution is 5.84. The van der Waals surface area contributed by atoms with Gasteiger partial charge < -0.3 is 9.67 Å². The van der Waals surface area contributed by atoms with Crippen LogP contribution in [0.15, 0.2) is 17.2 Å². The summed E-state index contributed by atoms with van der Waals surface area (Å²) in [5.41, 5.74) is -1.05. The number of aromatic carboxylic acids is 1. The van der Waals surface area contributed by atoms with Crippen molar-refractivity contribution in [2.24, 2.45) is 7.05 Å². The van der Waals surface area contributed by atoms with Crippen LogP contribution in [0.25, 0.3) is 0 Å². The lowest BCUT2D eigenvalue weighted by molar-refractivity contribution is 0.0687. The molecule has 5 heteroatoms. The second-order valence-corrected chi connectivity index (χ2v) is 2.00. The molecule has 0 aliphatic rings. The highest BCUT2D eigenvalue weighted by Crippen LogP contribution is 1.82. The number of carbonyl (C=O) groups is 1. The normalized spacial score (nSPS) is 9.55. The number of aryl methyl sites for hydroxylation is 1. The lowest BCUT2D eigenvalue weighted by Gasteiger charge is -1.95. The van der Waals surface area contributed by atoms with Crippen molar-refractivity contribution < 1.29 is 9.90 Å². The van der Waals surface area contributed by atoms with Gasteiger partial charge in [0.2, 0.25) is 5.69 Å². The van der Waals surface area contributed by atoms with E-state index in [0.717, 1.165) is 4.57 Å². The molecule has 58 valence electrons. The molecule has 11 heavy (non-hydrogen) atoms. The summed E-state index contributed by atoms with van der Waals surface area (Å²) in [5, 5.41) is 8.41. The molecule has 0 saturated carbocycles. The Morgan fingerprint density at radius 2 is 2.36 bits per heavy atom. The minimum Gasteiger partial charge on any atom is -0.476 e. The third kappa shape index (κ3) is 1.26. The molecule has 1 N–H and O–H groups in total. The van der Waals surface area contributed by atoms with E-state index in [1.807, 2.05) is 0 Å². The Morgan fingerprint density at radius 3 is 2.82 bits per heavy atom. The van der Waals surface area contributed by atoms with Gasteiger partial charge in [0, 0.05) is 19.4 Å². The number of carboxylic acid groups (broad SMARTS) is 1. The first-order valence-electron chi connectivity index (χ1n) is 2.88. The summed E-state index contributed by atoms with van der Waals surface area (Å²) in [4.78, 5) is 24.6. The van der Waals surface area contributed by atoms with Crippen molar-refractivity contribution in [1.29, 1.82) is 0 Å². The van der Waals surface area contributed by atoms with Gasteiger partial charge in [0.05, 0.1) is 0 Å². The molecular weight excluding hydrogens is 148 g/mol. The van der Waals surface area contributed by atoms with Gasteiger partial charge >= 0.3 is 5.97 Å². The Kier molecular flexibility index (Phi) is 1.72. The number of aromatic nitrogens is 2. The van der Waals surface area contributed by atoms with Crippen LogP contribution in [0.4, 0.5) is 0 Å². The molecule has 1 aromatic rings. The second-order valence-electron chi connectivity index (χ2n) is 2.00. The largest absolute Gasteiger partial charge is 0.476 e. The van der Waals surface area contributed by atoms with E-state index in [1.165, 1.54) is 19.4 Å². The second kappa shape index (κ2) is 2.53. The van der Waals surface area contributed by atoms with E-state index in [2.05, 4.69) is 4.98 Å². The summed E-state index contributed by atoms with van der Waals surface area (Å²) < 4.78 is 1.16. The summed E-state index contributed by atoms with van der Waals surface area (Å²) in [6.07, 6.45) is 2.67. The third-order valence-corrected chi connectivity index (χ3v) is 1.22. The van der Waals surface area contributed by atoms with Crippen LogP contribution < -0.4 is 5.56 Å². The topological polar surface area (TPSA) is 72.2 Å². The fourth-order valence-corrected chi connectivity index (χ4v) is 0.645. The van der Waals surface area contributed by atoms with Gasteiger partial charge in [-0.2, -0.15) is 0 Å². The number of rotatable bonds is 1. The molecular formula is C6H6N2O3. The van der Waals surface area contributed by atoms with Crippen LogP contribution in [-0.4, -0.2) is 20.6 Å². The lowest BCUT2D eigenvalue weighted by atomic mass is 10.4. The van der Waals surface area contributed by atoms with E-state index < -0.39 is 17.2 Å². The number of nitrogens with zero attached hydrogens (tertiary/aromatic N) is 2. The van der Waals surface area contributed by atoms with Crippen LogP contribution in [0.2, 0.25) is 0 Å². The Bertz CT molecular complexity index is 342. The summed E-state index contributed by atoms with van der Waals surface area (Å²) in [5.74, 6) is -1.30. The van der Waals surface area contributed by atoms with E-state index in [4.69, 9.17) is 5.11 Å². The summed E-state index contributed by atoms with van der Waals surface area (Å²) in [7, 11) is 1.47. The fourth-order valence-electron chi connectivity index (χ4n) is 0.645. The van der Waals surface area contributed by atoms with Gasteiger partial charge in [-0.15, -0.1) is 0 Å². The Morgan fingerprint density at radius 1 is 1.73 bits per heavy atom. The molecule has 1 heterocycles. The molecule has 0 radical (unpaired) electrons. The zero-order valence-corrected chi connectivity index (χ0v) is 5.81. The van der Waals surface area contributed by atoms with Crippen molar-refractivity contribution in [3.63, 3.8) is 0 Å². The van der Waals surface area contributed by atoms with Crippen molar-refractivity contribution in [1.82, 2.24) is 9.55 Å². The highest BCUT2D eigenvalue weighted by atomic mass is 16.4. The van der Waals surface area contributed by atoms with Gasteiger partial charge in [-0.3, -0.25) is 4.79 Å². The van der Waals surface area contributed by atoms with Crippen LogP contribution in [0.3, 0.4) is 0 Å². The third-order valence-electron chi connectivity index (χ3n) is 1.22. The maximum absolute atomic E-state index is 10.9. The average molecular weight is 154 g/mol. The van der Waals surface area contributed by atoms with Crippen LogP contribution in [-0.2, 0) is 7.05 Å². The minimum absolute atomic E-state index is 0.449. The summed E-state index contributed by atoms with van der Waals surface area (Å²) >= 11 is 0. The minimum atomic E-state index is -1.30. The number of carboxylic acids is 1. The lowest BCUT2D eigenvalue weighted by Crippen LogP contribution is -2.25. The Labute approximate surface area is 61.9 Å². The monoisotopic (exact) mass is 154 g/mol. The molecule has 0 aliphatic carbocycles. The molecule has 0 unspecified atom stereocenters. The summed E-state index contributed by atoms with van der Waals surface area (Å²) in [6.45, 7) is 0. The fraction of sp³-hybridized carbons (Fsp3) is 0.167.